The second kappa shape index (κ2) is 9.12. The van der Waals surface area contributed by atoms with E-state index in [2.05, 4.69) is 10.6 Å². The van der Waals surface area contributed by atoms with Crippen molar-refractivity contribution in [1.29, 1.82) is 0 Å². The van der Waals surface area contributed by atoms with Crippen molar-refractivity contribution < 1.29 is 19.2 Å². The van der Waals surface area contributed by atoms with E-state index in [-0.39, 0.29) is 30.3 Å². The number of fused-ring (bicyclic) bond motifs is 1. The highest BCUT2D eigenvalue weighted by Gasteiger charge is 2.42. The molecule has 2 saturated heterocycles. The van der Waals surface area contributed by atoms with Crippen molar-refractivity contribution in [3.63, 3.8) is 0 Å². The Labute approximate surface area is 154 Å². The Morgan fingerprint density at radius 3 is 2.65 bits per heavy atom. The van der Waals surface area contributed by atoms with Gasteiger partial charge in [-0.15, -0.1) is 0 Å². The average Bonchev–Trinajstić information content (AvgIpc) is 3.04. The minimum absolute atomic E-state index is 0.000372. The summed E-state index contributed by atoms with van der Waals surface area (Å²) in [7, 11) is 1.67. The lowest BCUT2D eigenvalue weighted by molar-refractivity contribution is -0.145. The number of carbonyl (C=O) groups is 4. The van der Waals surface area contributed by atoms with Gasteiger partial charge < -0.3 is 25.2 Å². The fourth-order valence-corrected chi connectivity index (χ4v) is 3.68. The molecule has 0 saturated carbocycles. The van der Waals surface area contributed by atoms with Crippen LogP contribution in [0.1, 0.15) is 46.0 Å². The molecule has 2 rings (SSSR count). The molecule has 26 heavy (non-hydrogen) atoms. The van der Waals surface area contributed by atoms with Crippen LogP contribution in [-0.2, 0) is 19.2 Å². The summed E-state index contributed by atoms with van der Waals surface area (Å²) in [6, 6.07) is -1.78. The number of hydrogen-bond donors (Lipinski definition) is 2. The molecule has 0 aromatic heterocycles. The first-order chi connectivity index (χ1) is 12.4. The van der Waals surface area contributed by atoms with E-state index in [1.165, 1.54) is 0 Å². The molecule has 0 unspecified atom stereocenters. The van der Waals surface area contributed by atoms with Crippen LogP contribution in [0.4, 0.5) is 0 Å². The molecule has 2 aliphatic rings. The lowest BCUT2D eigenvalue weighted by Gasteiger charge is -2.38. The minimum Gasteiger partial charge on any atom is -0.341 e. The molecule has 2 aliphatic heterocycles. The van der Waals surface area contributed by atoms with Crippen molar-refractivity contribution in [3.05, 3.63) is 0 Å². The van der Waals surface area contributed by atoms with Gasteiger partial charge in [0.15, 0.2) is 0 Å². The van der Waals surface area contributed by atoms with Crippen LogP contribution in [0.2, 0.25) is 0 Å². The molecule has 8 heteroatoms. The topological polar surface area (TPSA) is 98.8 Å². The van der Waals surface area contributed by atoms with Crippen molar-refractivity contribution in [2.45, 2.75) is 70.1 Å². The van der Waals surface area contributed by atoms with Crippen molar-refractivity contribution in [2.24, 2.45) is 0 Å². The molecule has 2 heterocycles. The van der Waals surface area contributed by atoms with Gasteiger partial charge in [0.2, 0.25) is 17.7 Å². The van der Waals surface area contributed by atoms with E-state index < -0.39 is 18.1 Å². The van der Waals surface area contributed by atoms with Crippen LogP contribution in [0.3, 0.4) is 0 Å². The highest BCUT2D eigenvalue weighted by molar-refractivity contribution is 5.92. The number of nitrogens with one attached hydrogen (secondary N) is 2. The molecule has 0 bridgehead atoms. The molecule has 0 aromatic carbocycles. The smallest absolute Gasteiger partial charge is 0.247 e. The molecule has 8 nitrogen and oxygen atoms in total. The predicted molar refractivity (Wildman–Crippen MR) is 96.3 cm³/mol. The van der Waals surface area contributed by atoms with E-state index in [0.717, 1.165) is 19.1 Å². The van der Waals surface area contributed by atoms with Gasteiger partial charge in [-0.2, -0.15) is 0 Å². The maximum absolute atomic E-state index is 13.1. The Bertz CT molecular complexity index is 553. The molecule has 4 atom stereocenters. The Morgan fingerprint density at radius 1 is 1.31 bits per heavy atom. The number of carbonyl (C=O) groups excluding carboxylic acids is 4. The first-order valence-electron chi connectivity index (χ1n) is 9.45. The van der Waals surface area contributed by atoms with Gasteiger partial charge >= 0.3 is 0 Å². The Hall–Kier alpha value is -1.96. The van der Waals surface area contributed by atoms with E-state index >= 15 is 0 Å². The van der Waals surface area contributed by atoms with Crippen molar-refractivity contribution >= 4 is 24.0 Å². The molecular formula is C18H30N4O4. The first-order valence-corrected chi connectivity index (χ1v) is 9.45. The van der Waals surface area contributed by atoms with Crippen LogP contribution < -0.4 is 10.6 Å². The second-order valence-electron chi connectivity index (χ2n) is 7.13. The number of rotatable bonds is 6. The number of aldehydes is 1. The van der Waals surface area contributed by atoms with Crippen molar-refractivity contribution in [3.8, 4) is 0 Å². The maximum atomic E-state index is 13.1. The SMILES string of the molecule is CCCC(=O)N1CC[C@H]2CC[C@@H](C=O)N2C(=O)[C@@H](NC(=O)[C@H](C)NC)C1. The fraction of sp³-hybridized carbons (Fsp3) is 0.778. The van der Waals surface area contributed by atoms with Crippen LogP contribution in [0, 0.1) is 0 Å². The van der Waals surface area contributed by atoms with Gasteiger partial charge in [-0.05, 0) is 39.7 Å². The highest BCUT2D eigenvalue weighted by atomic mass is 16.2. The van der Waals surface area contributed by atoms with Gasteiger partial charge in [-0.1, -0.05) is 6.92 Å². The predicted octanol–water partition coefficient (Wildman–Crippen LogP) is -0.330. The summed E-state index contributed by atoms with van der Waals surface area (Å²) in [5.74, 6) is -0.567. The summed E-state index contributed by atoms with van der Waals surface area (Å²) in [6.07, 6.45) is 4.02. The first kappa shape index (κ1) is 20.4. The van der Waals surface area contributed by atoms with Crippen molar-refractivity contribution in [1.82, 2.24) is 20.4 Å². The molecule has 0 radical (unpaired) electrons. The number of hydrogen-bond acceptors (Lipinski definition) is 5. The van der Waals surface area contributed by atoms with E-state index in [9.17, 15) is 19.2 Å². The number of likely N-dealkylation sites (N-methyl/N-ethyl adjacent to an activating group) is 1. The lowest BCUT2D eigenvalue weighted by atomic mass is 10.1. The zero-order valence-electron chi connectivity index (χ0n) is 15.9. The maximum Gasteiger partial charge on any atom is 0.247 e. The Morgan fingerprint density at radius 2 is 2.04 bits per heavy atom. The third kappa shape index (κ3) is 4.41. The number of amides is 3. The molecular weight excluding hydrogens is 336 g/mol. The van der Waals surface area contributed by atoms with Gasteiger partial charge in [-0.25, -0.2) is 0 Å². The van der Waals surface area contributed by atoms with Gasteiger partial charge in [0.05, 0.1) is 12.1 Å². The highest BCUT2D eigenvalue weighted by Crippen LogP contribution is 2.28. The van der Waals surface area contributed by atoms with E-state index in [1.807, 2.05) is 6.92 Å². The number of nitrogens with zero attached hydrogens (tertiary/aromatic N) is 2. The summed E-state index contributed by atoms with van der Waals surface area (Å²) >= 11 is 0. The molecule has 2 N–H and O–H groups in total. The summed E-state index contributed by atoms with van der Waals surface area (Å²) in [6.45, 7) is 4.32. The van der Waals surface area contributed by atoms with Crippen LogP contribution in [0.5, 0.6) is 0 Å². The Kier molecular flexibility index (Phi) is 7.14. The summed E-state index contributed by atoms with van der Waals surface area (Å²) in [4.78, 5) is 52.6. The summed E-state index contributed by atoms with van der Waals surface area (Å²) in [5.41, 5.74) is 0. The van der Waals surface area contributed by atoms with Gasteiger partial charge in [0.25, 0.3) is 0 Å². The largest absolute Gasteiger partial charge is 0.341 e. The second-order valence-corrected chi connectivity index (χ2v) is 7.13. The van der Waals surface area contributed by atoms with E-state index in [4.69, 9.17) is 0 Å². The fourth-order valence-electron chi connectivity index (χ4n) is 3.68. The summed E-state index contributed by atoms with van der Waals surface area (Å²) in [5, 5.41) is 5.61. The lowest BCUT2D eigenvalue weighted by Crippen LogP contribution is -2.61. The molecule has 3 amide bonds. The molecule has 0 spiro atoms. The van der Waals surface area contributed by atoms with Gasteiger partial charge in [0, 0.05) is 25.6 Å². The van der Waals surface area contributed by atoms with E-state index in [1.54, 1.807) is 23.8 Å². The zero-order chi connectivity index (χ0) is 19.3. The van der Waals surface area contributed by atoms with Crippen LogP contribution in [0.15, 0.2) is 0 Å². The molecule has 146 valence electrons. The summed E-state index contributed by atoms with van der Waals surface area (Å²) < 4.78 is 0. The zero-order valence-corrected chi connectivity index (χ0v) is 15.9. The molecule has 2 fully saturated rings. The monoisotopic (exact) mass is 366 g/mol. The average molecular weight is 366 g/mol. The van der Waals surface area contributed by atoms with Gasteiger partial charge in [-0.3, -0.25) is 14.4 Å². The third-order valence-corrected chi connectivity index (χ3v) is 5.35. The van der Waals surface area contributed by atoms with Crippen LogP contribution >= 0.6 is 0 Å². The van der Waals surface area contributed by atoms with Crippen molar-refractivity contribution in [2.75, 3.05) is 20.1 Å². The normalized spacial score (nSPS) is 27.3. The minimum atomic E-state index is -0.831. The molecule has 0 aliphatic carbocycles. The van der Waals surface area contributed by atoms with Crippen LogP contribution in [-0.4, -0.2) is 78.1 Å². The molecule has 0 aromatic rings. The van der Waals surface area contributed by atoms with Gasteiger partial charge in [0.1, 0.15) is 12.3 Å². The standard InChI is InChI=1S/C18H30N4O4/c1-4-5-16(24)21-9-8-13-6-7-14(11-23)22(13)18(26)15(10-21)20-17(25)12(2)19-3/h11-15,19H,4-10H2,1-3H3,(H,20,25)/t12-,13+,14-,15-/m0/s1. The quantitative estimate of drug-likeness (QED) is 0.627. The third-order valence-electron chi connectivity index (χ3n) is 5.35. The Balaban J connectivity index is 2.24. The van der Waals surface area contributed by atoms with Crippen LogP contribution in [0.25, 0.3) is 0 Å². The van der Waals surface area contributed by atoms with E-state index in [0.29, 0.717) is 25.8 Å².